The molecule has 0 atom stereocenters. The van der Waals surface area contributed by atoms with Crippen LogP contribution in [0.5, 0.6) is 5.75 Å². The summed E-state index contributed by atoms with van der Waals surface area (Å²) in [5, 5.41) is 0. The van der Waals surface area contributed by atoms with Gasteiger partial charge in [0.1, 0.15) is 12.1 Å². The predicted octanol–water partition coefficient (Wildman–Crippen LogP) is 6.63. The molecule has 0 aliphatic heterocycles. The number of hydrogen-bond donors (Lipinski definition) is 0. The van der Waals surface area contributed by atoms with Crippen LogP contribution in [0.4, 0.5) is 0 Å². The second-order valence-electron chi connectivity index (χ2n) is 7.94. The zero-order chi connectivity index (χ0) is 19.6. The standard InChI is InChI=1S/C25H24N2O/c1-25(2,3)17-24(27-18-26-22-11-7-8-12-23(22)27)28-21-15-13-20(14-16-21)19-9-5-4-6-10-19/h4-18H,1-3H3/b24-17-. The molecule has 0 aliphatic rings. The maximum absolute atomic E-state index is 6.32. The predicted molar refractivity (Wildman–Crippen MR) is 116 cm³/mol. The van der Waals surface area contributed by atoms with E-state index >= 15 is 0 Å². The van der Waals surface area contributed by atoms with Crippen molar-refractivity contribution in [3.8, 4) is 16.9 Å². The Hall–Kier alpha value is -3.33. The lowest BCUT2D eigenvalue weighted by Gasteiger charge is -2.18. The fourth-order valence-electron chi connectivity index (χ4n) is 3.12. The topological polar surface area (TPSA) is 27.1 Å². The van der Waals surface area contributed by atoms with Gasteiger partial charge in [-0.3, -0.25) is 4.57 Å². The van der Waals surface area contributed by atoms with Gasteiger partial charge >= 0.3 is 0 Å². The van der Waals surface area contributed by atoms with Gasteiger partial charge in [0, 0.05) is 0 Å². The molecule has 3 nitrogen and oxygen atoms in total. The zero-order valence-electron chi connectivity index (χ0n) is 16.5. The minimum atomic E-state index is -0.0370. The molecule has 1 aromatic heterocycles. The van der Waals surface area contributed by atoms with Gasteiger partial charge in [0.15, 0.2) is 0 Å². The summed E-state index contributed by atoms with van der Waals surface area (Å²) in [5.74, 6) is 1.56. The van der Waals surface area contributed by atoms with Crippen molar-refractivity contribution in [1.82, 2.24) is 9.55 Å². The Morgan fingerprint density at radius 1 is 0.821 bits per heavy atom. The van der Waals surface area contributed by atoms with Gasteiger partial charge in [-0.25, -0.2) is 4.98 Å². The summed E-state index contributed by atoms with van der Waals surface area (Å²) >= 11 is 0. The van der Waals surface area contributed by atoms with Crippen LogP contribution in [0.25, 0.3) is 28.0 Å². The van der Waals surface area contributed by atoms with E-state index in [1.54, 1.807) is 0 Å². The Morgan fingerprint density at radius 3 is 2.18 bits per heavy atom. The Balaban J connectivity index is 1.68. The van der Waals surface area contributed by atoms with Crippen LogP contribution in [0.15, 0.2) is 91.3 Å². The van der Waals surface area contributed by atoms with Crippen LogP contribution < -0.4 is 4.74 Å². The Kier molecular flexibility index (Phi) is 4.74. The molecule has 0 radical (unpaired) electrons. The molecule has 1 heterocycles. The summed E-state index contributed by atoms with van der Waals surface area (Å²) < 4.78 is 8.32. The van der Waals surface area contributed by atoms with E-state index in [4.69, 9.17) is 4.74 Å². The van der Waals surface area contributed by atoms with Crippen molar-refractivity contribution in [3.63, 3.8) is 0 Å². The molecule has 0 aliphatic carbocycles. The van der Waals surface area contributed by atoms with Crippen LogP contribution in [-0.2, 0) is 0 Å². The van der Waals surface area contributed by atoms with Crippen LogP contribution in [0, 0.1) is 5.41 Å². The molecule has 0 N–H and O–H groups in total. The summed E-state index contributed by atoms with van der Waals surface area (Å²) in [4.78, 5) is 4.51. The number of fused-ring (bicyclic) bond motifs is 1. The first-order valence-corrected chi connectivity index (χ1v) is 9.48. The smallest absolute Gasteiger partial charge is 0.202 e. The van der Waals surface area contributed by atoms with Crippen molar-refractivity contribution >= 4 is 16.9 Å². The Labute approximate surface area is 165 Å². The van der Waals surface area contributed by atoms with Crippen molar-refractivity contribution in [3.05, 3.63) is 91.3 Å². The van der Waals surface area contributed by atoms with Crippen molar-refractivity contribution < 1.29 is 4.74 Å². The minimum absolute atomic E-state index is 0.0370. The zero-order valence-corrected chi connectivity index (χ0v) is 16.5. The summed E-state index contributed by atoms with van der Waals surface area (Å²) in [6.45, 7) is 6.48. The maximum atomic E-state index is 6.32. The van der Waals surface area contributed by atoms with E-state index in [2.05, 4.69) is 62.2 Å². The van der Waals surface area contributed by atoms with Crippen LogP contribution in [0.1, 0.15) is 20.8 Å². The van der Waals surface area contributed by atoms with Gasteiger partial charge in [-0.2, -0.15) is 0 Å². The van der Waals surface area contributed by atoms with Crippen LogP contribution >= 0.6 is 0 Å². The molecule has 0 unspecified atom stereocenters. The Morgan fingerprint density at radius 2 is 1.46 bits per heavy atom. The molecule has 28 heavy (non-hydrogen) atoms. The quantitative estimate of drug-likeness (QED) is 0.378. The SMILES string of the molecule is CC(C)(C)/C=C(\Oc1ccc(-c2ccccc2)cc1)n1cnc2ccccc21. The molecule has 0 spiro atoms. The number of para-hydroxylation sites is 2. The average Bonchev–Trinajstić information content (AvgIpc) is 3.12. The molecular weight excluding hydrogens is 344 g/mol. The van der Waals surface area contributed by atoms with E-state index in [1.807, 2.05) is 59.4 Å². The van der Waals surface area contributed by atoms with E-state index < -0.39 is 0 Å². The highest BCUT2D eigenvalue weighted by atomic mass is 16.5. The first kappa shape index (κ1) is 18.1. The third-order valence-electron chi connectivity index (χ3n) is 4.43. The second-order valence-corrected chi connectivity index (χ2v) is 7.94. The Bertz CT molecular complexity index is 1100. The van der Waals surface area contributed by atoms with E-state index in [9.17, 15) is 0 Å². The fourth-order valence-corrected chi connectivity index (χ4v) is 3.12. The van der Waals surface area contributed by atoms with Crippen molar-refractivity contribution in [1.29, 1.82) is 0 Å². The number of aromatic nitrogens is 2. The van der Waals surface area contributed by atoms with E-state index in [0.29, 0.717) is 0 Å². The molecule has 4 aromatic rings. The number of allylic oxidation sites excluding steroid dienone is 1. The number of hydrogen-bond acceptors (Lipinski definition) is 2. The number of nitrogens with zero attached hydrogens (tertiary/aromatic N) is 2. The highest BCUT2D eigenvalue weighted by Gasteiger charge is 2.15. The second kappa shape index (κ2) is 7.35. The molecular formula is C25H24N2O. The highest BCUT2D eigenvalue weighted by molar-refractivity contribution is 5.78. The lowest BCUT2D eigenvalue weighted by atomic mass is 9.97. The summed E-state index contributed by atoms with van der Waals surface area (Å²) in [5.41, 5.74) is 4.30. The van der Waals surface area contributed by atoms with E-state index in [1.165, 1.54) is 11.1 Å². The number of rotatable bonds is 4. The van der Waals surface area contributed by atoms with Gasteiger partial charge in [0.25, 0.3) is 0 Å². The summed E-state index contributed by atoms with van der Waals surface area (Å²) in [7, 11) is 0. The molecule has 0 fully saturated rings. The lowest BCUT2D eigenvalue weighted by molar-refractivity contribution is 0.457. The van der Waals surface area contributed by atoms with Crippen molar-refractivity contribution in [2.45, 2.75) is 20.8 Å². The monoisotopic (exact) mass is 368 g/mol. The van der Waals surface area contributed by atoms with Gasteiger partial charge in [-0.15, -0.1) is 0 Å². The van der Waals surface area contributed by atoms with Crippen molar-refractivity contribution in [2.75, 3.05) is 0 Å². The summed E-state index contributed by atoms with van der Waals surface area (Å²) in [6.07, 6.45) is 3.95. The van der Waals surface area contributed by atoms with Crippen LogP contribution in [-0.4, -0.2) is 9.55 Å². The molecule has 3 heteroatoms. The third kappa shape index (κ3) is 3.99. The van der Waals surface area contributed by atoms with Gasteiger partial charge in [0.2, 0.25) is 5.88 Å². The van der Waals surface area contributed by atoms with Gasteiger partial charge in [0.05, 0.1) is 11.0 Å². The molecule has 0 bridgehead atoms. The number of imidazole rings is 1. The fraction of sp³-hybridized carbons (Fsp3) is 0.160. The van der Waals surface area contributed by atoms with E-state index in [0.717, 1.165) is 22.7 Å². The normalized spacial score (nSPS) is 12.3. The number of benzene rings is 3. The first-order chi connectivity index (χ1) is 13.5. The lowest BCUT2D eigenvalue weighted by Crippen LogP contribution is -2.09. The van der Waals surface area contributed by atoms with Gasteiger partial charge < -0.3 is 4.74 Å². The largest absolute Gasteiger partial charge is 0.441 e. The molecule has 140 valence electrons. The molecule has 4 rings (SSSR count). The average molecular weight is 368 g/mol. The molecule has 0 amide bonds. The summed E-state index contributed by atoms with van der Waals surface area (Å²) in [6, 6.07) is 26.6. The van der Waals surface area contributed by atoms with Gasteiger partial charge in [-0.05, 0) is 46.9 Å². The molecule has 0 saturated heterocycles. The maximum Gasteiger partial charge on any atom is 0.202 e. The number of ether oxygens (including phenoxy) is 1. The third-order valence-corrected chi connectivity index (χ3v) is 4.43. The van der Waals surface area contributed by atoms with Crippen molar-refractivity contribution in [2.24, 2.45) is 5.41 Å². The van der Waals surface area contributed by atoms with Gasteiger partial charge in [-0.1, -0.05) is 75.4 Å². The highest BCUT2D eigenvalue weighted by Crippen LogP contribution is 2.28. The molecule has 0 saturated carbocycles. The minimum Gasteiger partial charge on any atom is -0.441 e. The van der Waals surface area contributed by atoms with Crippen LogP contribution in [0.3, 0.4) is 0 Å². The molecule has 3 aromatic carbocycles. The first-order valence-electron chi connectivity index (χ1n) is 9.48. The van der Waals surface area contributed by atoms with E-state index in [-0.39, 0.29) is 5.41 Å². The van der Waals surface area contributed by atoms with Crippen LogP contribution in [0.2, 0.25) is 0 Å².